The van der Waals surface area contributed by atoms with Crippen molar-refractivity contribution in [3.63, 3.8) is 0 Å². The van der Waals surface area contributed by atoms with Crippen LogP contribution in [-0.2, 0) is 4.79 Å². The molecule has 0 aliphatic carbocycles. The topological polar surface area (TPSA) is 78.4 Å². The standard InChI is InChI=1S/C14H16N2O3/c1-3-11-5-4-6-12(9-11)16-14(19)15-8-7-10(2)13(17)18/h1,4-6,9-10H,7-8H2,2H3,(H,17,18)(H2,15,16,19). The van der Waals surface area contributed by atoms with Gasteiger partial charge < -0.3 is 15.7 Å². The highest BCUT2D eigenvalue weighted by atomic mass is 16.4. The van der Waals surface area contributed by atoms with E-state index >= 15 is 0 Å². The summed E-state index contributed by atoms with van der Waals surface area (Å²) in [7, 11) is 0. The van der Waals surface area contributed by atoms with E-state index in [9.17, 15) is 9.59 Å². The van der Waals surface area contributed by atoms with Crippen LogP contribution in [0.2, 0.25) is 0 Å². The first-order valence-corrected chi connectivity index (χ1v) is 5.87. The Balaban J connectivity index is 2.39. The van der Waals surface area contributed by atoms with Crippen molar-refractivity contribution in [1.29, 1.82) is 0 Å². The molecule has 0 fully saturated rings. The van der Waals surface area contributed by atoms with E-state index in [0.717, 1.165) is 0 Å². The number of hydrogen-bond acceptors (Lipinski definition) is 2. The van der Waals surface area contributed by atoms with Crippen LogP contribution in [0.15, 0.2) is 24.3 Å². The normalized spacial score (nSPS) is 11.2. The quantitative estimate of drug-likeness (QED) is 0.707. The molecule has 100 valence electrons. The van der Waals surface area contributed by atoms with Gasteiger partial charge in [-0.05, 0) is 24.6 Å². The van der Waals surface area contributed by atoms with Crippen molar-refractivity contribution in [1.82, 2.24) is 5.32 Å². The molecule has 1 unspecified atom stereocenters. The fourth-order valence-electron chi connectivity index (χ4n) is 1.39. The SMILES string of the molecule is C#Cc1cccc(NC(=O)NCCC(C)C(=O)O)c1. The number of terminal acetylenes is 1. The molecule has 1 aromatic rings. The van der Waals surface area contributed by atoms with Gasteiger partial charge >= 0.3 is 12.0 Å². The lowest BCUT2D eigenvalue weighted by Gasteiger charge is -2.09. The molecule has 0 saturated heterocycles. The van der Waals surface area contributed by atoms with Crippen molar-refractivity contribution in [3.8, 4) is 12.3 Å². The van der Waals surface area contributed by atoms with Gasteiger partial charge in [0.1, 0.15) is 0 Å². The zero-order valence-electron chi connectivity index (χ0n) is 10.6. The second-order valence-electron chi connectivity index (χ2n) is 4.13. The molecule has 1 atom stereocenters. The Kier molecular flexibility index (Phi) is 5.42. The third-order valence-corrected chi connectivity index (χ3v) is 2.57. The summed E-state index contributed by atoms with van der Waals surface area (Å²) in [5.41, 5.74) is 1.27. The van der Waals surface area contributed by atoms with Crippen molar-refractivity contribution < 1.29 is 14.7 Å². The molecule has 0 aromatic heterocycles. The zero-order chi connectivity index (χ0) is 14.3. The largest absolute Gasteiger partial charge is 0.481 e. The maximum Gasteiger partial charge on any atom is 0.319 e. The smallest absolute Gasteiger partial charge is 0.319 e. The number of benzene rings is 1. The van der Waals surface area contributed by atoms with Crippen LogP contribution in [0.4, 0.5) is 10.5 Å². The first-order valence-electron chi connectivity index (χ1n) is 5.87. The first kappa shape index (κ1) is 14.6. The predicted octanol–water partition coefficient (Wildman–Crippen LogP) is 1.90. The van der Waals surface area contributed by atoms with Crippen molar-refractivity contribution >= 4 is 17.7 Å². The lowest BCUT2D eigenvalue weighted by Crippen LogP contribution is -2.31. The summed E-state index contributed by atoms with van der Waals surface area (Å²) in [6, 6.07) is 6.53. The molecular weight excluding hydrogens is 244 g/mol. The predicted molar refractivity (Wildman–Crippen MR) is 72.8 cm³/mol. The third kappa shape index (κ3) is 5.13. The van der Waals surface area contributed by atoms with E-state index in [-0.39, 0.29) is 6.03 Å². The van der Waals surface area contributed by atoms with Crippen LogP contribution in [0.3, 0.4) is 0 Å². The number of anilines is 1. The van der Waals surface area contributed by atoms with Gasteiger partial charge in [-0.2, -0.15) is 0 Å². The van der Waals surface area contributed by atoms with Gasteiger partial charge in [0.05, 0.1) is 5.92 Å². The van der Waals surface area contributed by atoms with Crippen LogP contribution in [-0.4, -0.2) is 23.7 Å². The highest BCUT2D eigenvalue weighted by Gasteiger charge is 2.10. The summed E-state index contributed by atoms with van der Waals surface area (Å²) < 4.78 is 0. The molecule has 0 saturated carbocycles. The third-order valence-electron chi connectivity index (χ3n) is 2.57. The van der Waals surface area contributed by atoms with Crippen molar-refractivity contribution in [2.75, 3.05) is 11.9 Å². The molecule has 0 heterocycles. The molecule has 1 aromatic carbocycles. The number of carbonyl (C=O) groups is 2. The Labute approximate surface area is 112 Å². The Morgan fingerprint density at radius 1 is 1.47 bits per heavy atom. The van der Waals surface area contributed by atoms with Gasteiger partial charge in [-0.15, -0.1) is 6.42 Å². The molecule has 5 nitrogen and oxygen atoms in total. The van der Waals surface area contributed by atoms with Crippen molar-refractivity contribution in [2.45, 2.75) is 13.3 Å². The van der Waals surface area contributed by atoms with Gasteiger partial charge in [-0.1, -0.05) is 18.9 Å². The van der Waals surface area contributed by atoms with E-state index in [2.05, 4.69) is 16.6 Å². The maximum atomic E-state index is 11.5. The fraction of sp³-hybridized carbons (Fsp3) is 0.286. The van der Waals surface area contributed by atoms with Crippen molar-refractivity contribution in [3.05, 3.63) is 29.8 Å². The Morgan fingerprint density at radius 2 is 2.21 bits per heavy atom. The van der Waals surface area contributed by atoms with Gasteiger partial charge in [0, 0.05) is 17.8 Å². The molecule has 3 N–H and O–H groups in total. The summed E-state index contributed by atoms with van der Waals surface area (Å²) in [6.45, 7) is 1.90. The molecule has 0 bridgehead atoms. The molecule has 0 aliphatic heterocycles. The minimum Gasteiger partial charge on any atom is -0.481 e. The number of carbonyl (C=O) groups excluding carboxylic acids is 1. The first-order chi connectivity index (χ1) is 9.02. The summed E-state index contributed by atoms with van der Waals surface area (Å²) in [5, 5.41) is 13.9. The van der Waals surface area contributed by atoms with Gasteiger partial charge in [0.2, 0.25) is 0 Å². The number of amides is 2. The fourth-order valence-corrected chi connectivity index (χ4v) is 1.39. The van der Waals surface area contributed by atoms with E-state index in [4.69, 9.17) is 11.5 Å². The van der Waals surface area contributed by atoms with Gasteiger partial charge in [0.25, 0.3) is 0 Å². The summed E-state index contributed by atoms with van der Waals surface area (Å²) in [4.78, 5) is 22.1. The minimum atomic E-state index is -0.871. The molecule has 0 radical (unpaired) electrons. The van der Waals surface area contributed by atoms with E-state index < -0.39 is 11.9 Å². The van der Waals surface area contributed by atoms with E-state index in [1.807, 2.05) is 0 Å². The zero-order valence-corrected chi connectivity index (χ0v) is 10.6. The number of rotatable bonds is 5. The maximum absolute atomic E-state index is 11.5. The van der Waals surface area contributed by atoms with Gasteiger partial charge in [-0.3, -0.25) is 4.79 Å². The van der Waals surface area contributed by atoms with E-state index in [1.54, 1.807) is 31.2 Å². The number of carboxylic acids is 1. The summed E-state index contributed by atoms with van der Waals surface area (Å²) >= 11 is 0. The Bertz CT molecular complexity index is 506. The van der Waals surface area contributed by atoms with Crippen molar-refractivity contribution in [2.24, 2.45) is 5.92 Å². The lowest BCUT2D eigenvalue weighted by atomic mass is 10.1. The highest BCUT2D eigenvalue weighted by Crippen LogP contribution is 2.09. The summed E-state index contributed by atoms with van der Waals surface area (Å²) in [5.74, 6) is 1.12. The molecule has 0 spiro atoms. The molecular formula is C14H16N2O3. The van der Waals surface area contributed by atoms with Crippen LogP contribution < -0.4 is 10.6 Å². The molecule has 19 heavy (non-hydrogen) atoms. The van der Waals surface area contributed by atoms with Crippen LogP contribution in [0.1, 0.15) is 18.9 Å². The van der Waals surface area contributed by atoms with Crippen LogP contribution >= 0.6 is 0 Å². The van der Waals surface area contributed by atoms with Crippen LogP contribution in [0.5, 0.6) is 0 Å². The van der Waals surface area contributed by atoms with Gasteiger partial charge in [-0.25, -0.2) is 4.79 Å². The second kappa shape index (κ2) is 7.07. The summed E-state index contributed by atoms with van der Waals surface area (Å²) in [6.07, 6.45) is 5.64. The van der Waals surface area contributed by atoms with Gasteiger partial charge in [0.15, 0.2) is 0 Å². The Hall–Kier alpha value is -2.48. The number of urea groups is 1. The lowest BCUT2D eigenvalue weighted by molar-refractivity contribution is -0.141. The van der Waals surface area contributed by atoms with E-state index in [1.165, 1.54) is 0 Å². The average Bonchev–Trinajstić information content (AvgIpc) is 2.38. The molecule has 0 aliphatic rings. The average molecular weight is 260 g/mol. The monoisotopic (exact) mass is 260 g/mol. The molecule has 2 amide bonds. The number of nitrogens with one attached hydrogen (secondary N) is 2. The molecule has 5 heteroatoms. The Morgan fingerprint density at radius 3 is 2.84 bits per heavy atom. The number of aliphatic carboxylic acids is 1. The number of carboxylic acid groups (broad SMARTS) is 1. The van der Waals surface area contributed by atoms with Crippen LogP contribution in [0, 0.1) is 18.3 Å². The second-order valence-corrected chi connectivity index (χ2v) is 4.13. The van der Waals surface area contributed by atoms with E-state index in [0.29, 0.717) is 24.2 Å². The number of hydrogen-bond donors (Lipinski definition) is 3. The highest BCUT2D eigenvalue weighted by molar-refractivity contribution is 5.89. The van der Waals surface area contributed by atoms with Crippen LogP contribution in [0.25, 0.3) is 0 Å². The molecule has 1 rings (SSSR count). The minimum absolute atomic E-state index is 0.300.